The van der Waals surface area contributed by atoms with Crippen LogP contribution in [0.15, 0.2) is 23.3 Å². The molecule has 0 saturated heterocycles. The summed E-state index contributed by atoms with van der Waals surface area (Å²) in [4.78, 5) is 26.4. The van der Waals surface area contributed by atoms with Gasteiger partial charge in [-0.1, -0.05) is 131 Å². The molecule has 0 aliphatic heterocycles. The molecule has 0 spiro atoms. The Morgan fingerprint density at radius 1 is 0.524 bits per heavy atom. The van der Waals surface area contributed by atoms with E-state index in [4.69, 9.17) is 9.47 Å². The summed E-state index contributed by atoms with van der Waals surface area (Å²) in [6, 6.07) is 0. The number of rotatable bonds is 16. The van der Waals surface area contributed by atoms with Gasteiger partial charge in [-0.15, -0.1) is 0 Å². The van der Waals surface area contributed by atoms with E-state index in [-0.39, 0.29) is 35.0 Å². The van der Waals surface area contributed by atoms with E-state index in [1.807, 2.05) is 0 Å². The zero-order valence-electron chi connectivity index (χ0n) is 42.5. The average Bonchev–Trinajstić information content (AvgIpc) is 3.77. The van der Waals surface area contributed by atoms with Gasteiger partial charge in [-0.05, 0) is 189 Å². The average molecular weight is 869 g/mol. The predicted molar refractivity (Wildman–Crippen MR) is 260 cm³/mol. The number of carbonyl (C=O) groups excluding carboxylic acids is 2. The standard InChI is InChI=1S/C59H96O4/c1-38(2)14-11-16-40(5)48-24-26-50-46-22-20-42-36-44(28-32-56(42,7)52(46)30-34-58(48,50)9)62-54(60)18-13-19-55(61)63-45-29-33-57(8)43(37-45)21-23-47-51-27-25-49(41(6)17-12-15-39(3)4)59(51,10)35-31-53(47)57/h20-21,38-41,44-53H,11-19,22-37H2,1-10H3/t40-,41+,44-,45-,46-,47+,48-,49-,50-,51+,52+,53+,56+,57-,58-,59+/m0/s1. The second-order valence-corrected chi connectivity index (χ2v) is 26.1. The zero-order chi connectivity index (χ0) is 44.9. The summed E-state index contributed by atoms with van der Waals surface area (Å²) in [7, 11) is 0. The second kappa shape index (κ2) is 19.2. The molecule has 4 heteroatoms. The number of ether oxygens (including phenoxy) is 2. The van der Waals surface area contributed by atoms with Gasteiger partial charge in [0.15, 0.2) is 0 Å². The summed E-state index contributed by atoms with van der Waals surface area (Å²) < 4.78 is 12.3. The van der Waals surface area contributed by atoms with Crippen molar-refractivity contribution in [3.8, 4) is 0 Å². The van der Waals surface area contributed by atoms with E-state index in [0.717, 1.165) is 110 Å². The van der Waals surface area contributed by atoms with Crippen LogP contribution in [0, 0.1) is 92.7 Å². The van der Waals surface area contributed by atoms with Crippen molar-refractivity contribution in [2.45, 2.75) is 242 Å². The lowest BCUT2D eigenvalue weighted by Gasteiger charge is -2.58. The van der Waals surface area contributed by atoms with Crippen molar-refractivity contribution in [1.29, 1.82) is 0 Å². The van der Waals surface area contributed by atoms with Crippen molar-refractivity contribution in [1.82, 2.24) is 0 Å². The Labute approximate surface area is 387 Å². The Balaban J connectivity index is 0.767. The maximum absolute atomic E-state index is 13.2. The molecule has 8 rings (SSSR count). The monoisotopic (exact) mass is 869 g/mol. The van der Waals surface area contributed by atoms with Crippen LogP contribution in [-0.2, 0) is 19.1 Å². The van der Waals surface area contributed by atoms with E-state index in [1.165, 1.54) is 103 Å². The quantitative estimate of drug-likeness (QED) is 0.115. The van der Waals surface area contributed by atoms with Crippen molar-refractivity contribution in [2.24, 2.45) is 92.7 Å². The lowest BCUT2D eigenvalue weighted by molar-refractivity contribution is -0.153. The topological polar surface area (TPSA) is 52.6 Å². The second-order valence-electron chi connectivity index (χ2n) is 26.1. The van der Waals surface area contributed by atoms with E-state index < -0.39 is 0 Å². The summed E-state index contributed by atoms with van der Waals surface area (Å²) in [5, 5.41) is 0. The van der Waals surface area contributed by atoms with Gasteiger partial charge in [0, 0.05) is 25.7 Å². The number of hydrogen-bond donors (Lipinski definition) is 0. The largest absolute Gasteiger partial charge is 0.462 e. The highest BCUT2D eigenvalue weighted by Gasteiger charge is 2.61. The third-order valence-corrected chi connectivity index (χ3v) is 21.9. The van der Waals surface area contributed by atoms with Crippen molar-refractivity contribution < 1.29 is 19.1 Å². The lowest BCUT2D eigenvalue weighted by Crippen LogP contribution is -2.51. The molecule has 0 radical (unpaired) electrons. The molecule has 0 N–H and O–H groups in total. The Hall–Kier alpha value is -1.58. The molecule has 0 aromatic rings. The molecule has 0 heterocycles. The molecule has 0 aromatic carbocycles. The Morgan fingerprint density at radius 3 is 1.33 bits per heavy atom. The molecule has 6 saturated carbocycles. The van der Waals surface area contributed by atoms with Gasteiger partial charge in [0.05, 0.1) is 0 Å². The molecule has 356 valence electrons. The summed E-state index contributed by atoms with van der Waals surface area (Å²) >= 11 is 0. The Morgan fingerprint density at radius 2 is 0.937 bits per heavy atom. The minimum Gasteiger partial charge on any atom is -0.462 e. The fourth-order valence-electron chi connectivity index (χ4n) is 18.4. The predicted octanol–water partition coefficient (Wildman–Crippen LogP) is 16.1. The highest BCUT2D eigenvalue weighted by atomic mass is 16.5. The van der Waals surface area contributed by atoms with Crippen LogP contribution in [0.5, 0.6) is 0 Å². The van der Waals surface area contributed by atoms with Gasteiger partial charge in [-0.3, -0.25) is 9.59 Å². The maximum Gasteiger partial charge on any atom is 0.306 e. The molecule has 0 aromatic heterocycles. The molecule has 8 aliphatic carbocycles. The molecule has 0 bridgehead atoms. The van der Waals surface area contributed by atoms with E-state index in [2.05, 4.69) is 81.4 Å². The van der Waals surface area contributed by atoms with E-state index in [1.54, 1.807) is 11.1 Å². The fraction of sp³-hybridized carbons (Fsp3) is 0.898. The van der Waals surface area contributed by atoms with Crippen LogP contribution in [0.3, 0.4) is 0 Å². The Kier molecular flexibility index (Phi) is 14.6. The van der Waals surface area contributed by atoms with Crippen LogP contribution >= 0.6 is 0 Å². The van der Waals surface area contributed by atoms with Gasteiger partial charge in [0.25, 0.3) is 0 Å². The highest BCUT2D eigenvalue weighted by molar-refractivity contribution is 5.72. The van der Waals surface area contributed by atoms with Crippen LogP contribution in [0.2, 0.25) is 0 Å². The van der Waals surface area contributed by atoms with E-state index in [0.29, 0.717) is 30.1 Å². The van der Waals surface area contributed by atoms with E-state index >= 15 is 0 Å². The van der Waals surface area contributed by atoms with Crippen LogP contribution in [0.25, 0.3) is 0 Å². The van der Waals surface area contributed by atoms with Crippen LogP contribution in [-0.4, -0.2) is 24.1 Å². The van der Waals surface area contributed by atoms with Crippen molar-refractivity contribution in [2.75, 3.05) is 0 Å². The van der Waals surface area contributed by atoms with Crippen molar-refractivity contribution in [3.63, 3.8) is 0 Å². The molecule has 8 aliphatic rings. The van der Waals surface area contributed by atoms with Gasteiger partial charge in [-0.2, -0.15) is 0 Å². The molecule has 0 amide bonds. The highest BCUT2D eigenvalue weighted by Crippen LogP contribution is 2.69. The van der Waals surface area contributed by atoms with Gasteiger partial charge in [-0.25, -0.2) is 0 Å². The summed E-state index contributed by atoms with van der Waals surface area (Å²) in [5.41, 5.74) is 4.69. The maximum atomic E-state index is 13.2. The number of carbonyl (C=O) groups is 2. The first-order valence-electron chi connectivity index (χ1n) is 27.7. The minimum atomic E-state index is -0.133. The summed E-state index contributed by atoms with van der Waals surface area (Å²) in [6.07, 6.45) is 34.4. The molecule has 16 atom stereocenters. The first-order chi connectivity index (χ1) is 30.0. The summed E-state index contributed by atoms with van der Waals surface area (Å²) in [6.45, 7) is 25.2. The number of allylic oxidation sites excluding steroid dienone is 2. The van der Waals surface area contributed by atoms with Crippen LogP contribution < -0.4 is 0 Å². The van der Waals surface area contributed by atoms with Gasteiger partial charge >= 0.3 is 11.9 Å². The minimum absolute atomic E-state index is 0.0206. The van der Waals surface area contributed by atoms with E-state index in [9.17, 15) is 9.59 Å². The SMILES string of the molecule is CC(C)CCC[C@@H](C)[C@@H]1CC[C@@H]2[C@H]3CC=C4C[C@@H](OC(=O)CCCC(=O)O[C@H]5CC[C@]6(C)C(=CC[C@@H]7[C@H]6CC[C@]6(C)[C@H]7CC[C@H]6[C@@H](C)CCCC(C)C)C5)CC[C@]4(C)[C@@H]3CC[C@@]21C. The number of fused-ring (bicyclic) bond motifs is 10. The molecular formula is C59H96O4. The first-order valence-corrected chi connectivity index (χ1v) is 27.7. The Bertz CT molecular complexity index is 1550. The van der Waals surface area contributed by atoms with Crippen molar-refractivity contribution in [3.05, 3.63) is 23.3 Å². The molecule has 63 heavy (non-hydrogen) atoms. The zero-order valence-corrected chi connectivity index (χ0v) is 42.5. The van der Waals surface area contributed by atoms with Crippen LogP contribution in [0.1, 0.15) is 230 Å². The number of hydrogen-bond acceptors (Lipinski definition) is 4. The first kappa shape index (κ1) is 47.9. The lowest BCUT2D eigenvalue weighted by atomic mass is 9.47. The smallest absolute Gasteiger partial charge is 0.306 e. The molecule has 6 fully saturated rings. The van der Waals surface area contributed by atoms with Crippen molar-refractivity contribution >= 4 is 11.9 Å². The molecule has 0 unspecified atom stereocenters. The normalized spacial score (nSPS) is 42.7. The fourth-order valence-corrected chi connectivity index (χ4v) is 18.4. The van der Waals surface area contributed by atoms with Gasteiger partial charge in [0.2, 0.25) is 0 Å². The number of esters is 2. The third-order valence-electron chi connectivity index (χ3n) is 21.9. The van der Waals surface area contributed by atoms with Gasteiger partial charge < -0.3 is 9.47 Å². The third kappa shape index (κ3) is 9.36. The summed E-state index contributed by atoms with van der Waals surface area (Å²) in [5.74, 6) is 9.78. The molecular weight excluding hydrogens is 773 g/mol. The van der Waals surface area contributed by atoms with Crippen LogP contribution in [0.4, 0.5) is 0 Å². The van der Waals surface area contributed by atoms with Gasteiger partial charge in [0.1, 0.15) is 12.2 Å². The molecule has 4 nitrogen and oxygen atoms in total.